The number of para-hydroxylation sites is 1. The number of nitrogens with zero attached hydrogens (tertiary/aromatic N) is 1. The fourth-order valence-electron chi connectivity index (χ4n) is 1.90. The molecule has 2 aromatic rings. The van der Waals surface area contributed by atoms with Crippen LogP contribution in [0.25, 0.3) is 0 Å². The molecule has 0 bridgehead atoms. The Kier molecular flexibility index (Phi) is 3.95. The molecule has 5 heteroatoms. The standard InChI is InChI=1S/C14H18N2O2S/c1-3-19(17,18)14-7-5-4-6-13(14)15-10-12-8-9-16(2)11-12/h4-9,11,15H,3,10H2,1-2H3. The van der Waals surface area contributed by atoms with Crippen molar-refractivity contribution >= 4 is 15.5 Å². The Hall–Kier alpha value is -1.75. The van der Waals surface area contributed by atoms with Crippen molar-refractivity contribution in [3.8, 4) is 0 Å². The van der Waals surface area contributed by atoms with E-state index in [9.17, 15) is 8.42 Å². The van der Waals surface area contributed by atoms with E-state index in [2.05, 4.69) is 5.32 Å². The monoisotopic (exact) mass is 278 g/mol. The lowest BCUT2D eigenvalue weighted by Crippen LogP contribution is -2.08. The zero-order valence-electron chi connectivity index (χ0n) is 11.1. The lowest BCUT2D eigenvalue weighted by Gasteiger charge is -2.11. The average molecular weight is 278 g/mol. The Bertz CT molecular complexity index is 660. The molecule has 0 spiro atoms. The first kappa shape index (κ1) is 13.7. The molecular formula is C14H18N2O2S. The highest BCUT2D eigenvalue weighted by atomic mass is 32.2. The first-order valence-electron chi connectivity index (χ1n) is 6.19. The zero-order valence-corrected chi connectivity index (χ0v) is 11.9. The number of rotatable bonds is 5. The summed E-state index contributed by atoms with van der Waals surface area (Å²) in [6, 6.07) is 9.03. The summed E-state index contributed by atoms with van der Waals surface area (Å²) >= 11 is 0. The largest absolute Gasteiger partial charge is 0.380 e. The predicted octanol–water partition coefficient (Wildman–Crippen LogP) is 2.43. The van der Waals surface area contributed by atoms with Gasteiger partial charge in [0.05, 0.1) is 16.3 Å². The van der Waals surface area contributed by atoms with E-state index in [1.165, 1.54) is 0 Å². The Morgan fingerprint density at radius 1 is 1.21 bits per heavy atom. The van der Waals surface area contributed by atoms with Crippen LogP contribution in [0.2, 0.25) is 0 Å². The van der Waals surface area contributed by atoms with E-state index >= 15 is 0 Å². The van der Waals surface area contributed by atoms with Gasteiger partial charge in [0.15, 0.2) is 9.84 Å². The van der Waals surface area contributed by atoms with Gasteiger partial charge in [0.1, 0.15) is 0 Å². The van der Waals surface area contributed by atoms with Crippen molar-refractivity contribution in [1.29, 1.82) is 0 Å². The second-order valence-electron chi connectivity index (χ2n) is 4.44. The van der Waals surface area contributed by atoms with Crippen LogP contribution in [0, 0.1) is 0 Å². The number of aryl methyl sites for hydroxylation is 1. The van der Waals surface area contributed by atoms with Gasteiger partial charge in [-0.2, -0.15) is 0 Å². The molecule has 2 rings (SSSR count). The Balaban J connectivity index is 2.21. The highest BCUT2D eigenvalue weighted by Gasteiger charge is 2.15. The van der Waals surface area contributed by atoms with Crippen LogP contribution in [0.4, 0.5) is 5.69 Å². The smallest absolute Gasteiger partial charge is 0.180 e. The average Bonchev–Trinajstić information content (AvgIpc) is 2.82. The Morgan fingerprint density at radius 3 is 2.58 bits per heavy atom. The van der Waals surface area contributed by atoms with E-state index in [4.69, 9.17) is 0 Å². The molecule has 0 saturated heterocycles. The summed E-state index contributed by atoms with van der Waals surface area (Å²) in [6.07, 6.45) is 3.97. The molecule has 1 heterocycles. The highest BCUT2D eigenvalue weighted by molar-refractivity contribution is 7.91. The molecule has 0 radical (unpaired) electrons. The molecule has 0 aliphatic rings. The van der Waals surface area contributed by atoms with Crippen LogP contribution in [0.5, 0.6) is 0 Å². The van der Waals surface area contributed by atoms with Crippen molar-refractivity contribution < 1.29 is 8.42 Å². The van der Waals surface area contributed by atoms with E-state index in [0.29, 0.717) is 17.1 Å². The van der Waals surface area contributed by atoms with Gasteiger partial charge in [-0.25, -0.2) is 8.42 Å². The summed E-state index contributed by atoms with van der Waals surface area (Å²) in [5, 5.41) is 3.19. The summed E-state index contributed by atoms with van der Waals surface area (Å²) in [4.78, 5) is 0.369. The topological polar surface area (TPSA) is 51.1 Å². The minimum Gasteiger partial charge on any atom is -0.380 e. The van der Waals surface area contributed by atoms with Gasteiger partial charge in [0.25, 0.3) is 0 Å². The third kappa shape index (κ3) is 3.17. The summed E-state index contributed by atoms with van der Waals surface area (Å²) in [5.74, 6) is 0.108. The molecule has 0 saturated carbocycles. The molecule has 19 heavy (non-hydrogen) atoms. The van der Waals surface area contributed by atoms with Crippen molar-refractivity contribution in [1.82, 2.24) is 4.57 Å². The molecule has 102 valence electrons. The molecule has 0 aliphatic carbocycles. The molecule has 1 aromatic heterocycles. The fraction of sp³-hybridized carbons (Fsp3) is 0.286. The zero-order chi connectivity index (χ0) is 13.9. The number of nitrogens with one attached hydrogen (secondary N) is 1. The number of anilines is 1. The number of aromatic nitrogens is 1. The molecule has 0 atom stereocenters. The van der Waals surface area contributed by atoms with Crippen LogP contribution in [0.15, 0.2) is 47.6 Å². The van der Waals surface area contributed by atoms with Crippen LogP contribution < -0.4 is 5.32 Å². The van der Waals surface area contributed by atoms with Crippen molar-refractivity contribution in [2.75, 3.05) is 11.1 Å². The molecular weight excluding hydrogens is 260 g/mol. The van der Waals surface area contributed by atoms with Crippen LogP contribution in [0.3, 0.4) is 0 Å². The summed E-state index contributed by atoms with van der Waals surface area (Å²) in [5.41, 5.74) is 1.78. The van der Waals surface area contributed by atoms with Gasteiger partial charge in [-0.3, -0.25) is 0 Å². The normalized spacial score (nSPS) is 11.5. The second kappa shape index (κ2) is 5.48. The first-order chi connectivity index (χ1) is 9.03. The molecule has 0 aliphatic heterocycles. The quantitative estimate of drug-likeness (QED) is 0.914. The maximum absolute atomic E-state index is 12.0. The Morgan fingerprint density at radius 2 is 1.95 bits per heavy atom. The summed E-state index contributed by atoms with van der Waals surface area (Å²) < 4.78 is 26.0. The van der Waals surface area contributed by atoms with E-state index in [1.807, 2.05) is 36.1 Å². The molecule has 1 N–H and O–H groups in total. The third-order valence-corrected chi connectivity index (χ3v) is 4.76. The van der Waals surface area contributed by atoms with Gasteiger partial charge in [-0.05, 0) is 23.8 Å². The van der Waals surface area contributed by atoms with Crippen molar-refractivity contribution in [2.45, 2.75) is 18.4 Å². The third-order valence-electron chi connectivity index (χ3n) is 2.98. The van der Waals surface area contributed by atoms with Gasteiger partial charge in [-0.15, -0.1) is 0 Å². The van der Waals surface area contributed by atoms with Gasteiger partial charge >= 0.3 is 0 Å². The summed E-state index contributed by atoms with van der Waals surface area (Å²) in [7, 11) is -1.24. The van der Waals surface area contributed by atoms with Crippen molar-refractivity contribution in [3.63, 3.8) is 0 Å². The van der Waals surface area contributed by atoms with Crippen LogP contribution in [-0.4, -0.2) is 18.7 Å². The summed E-state index contributed by atoms with van der Waals surface area (Å²) in [6.45, 7) is 2.26. The lowest BCUT2D eigenvalue weighted by atomic mass is 10.3. The number of hydrogen-bond donors (Lipinski definition) is 1. The predicted molar refractivity (Wildman–Crippen MR) is 76.9 cm³/mol. The number of benzene rings is 1. The molecule has 4 nitrogen and oxygen atoms in total. The van der Waals surface area contributed by atoms with Gasteiger partial charge in [-0.1, -0.05) is 19.1 Å². The highest BCUT2D eigenvalue weighted by Crippen LogP contribution is 2.22. The van der Waals surface area contributed by atoms with Crippen LogP contribution in [-0.2, 0) is 23.4 Å². The van der Waals surface area contributed by atoms with Crippen LogP contribution >= 0.6 is 0 Å². The first-order valence-corrected chi connectivity index (χ1v) is 7.84. The van der Waals surface area contributed by atoms with E-state index in [1.54, 1.807) is 25.1 Å². The minimum atomic E-state index is -3.20. The van der Waals surface area contributed by atoms with Crippen molar-refractivity contribution in [3.05, 3.63) is 48.3 Å². The lowest BCUT2D eigenvalue weighted by molar-refractivity contribution is 0.597. The van der Waals surface area contributed by atoms with Gasteiger partial charge in [0, 0.05) is 26.0 Å². The molecule has 0 unspecified atom stereocenters. The number of hydrogen-bond acceptors (Lipinski definition) is 3. The van der Waals surface area contributed by atoms with E-state index < -0.39 is 9.84 Å². The Labute approximate surface area is 114 Å². The second-order valence-corrected chi connectivity index (χ2v) is 6.69. The number of sulfone groups is 1. The van der Waals surface area contributed by atoms with Crippen LogP contribution in [0.1, 0.15) is 12.5 Å². The van der Waals surface area contributed by atoms with E-state index in [0.717, 1.165) is 5.56 Å². The van der Waals surface area contributed by atoms with Gasteiger partial charge in [0.2, 0.25) is 0 Å². The molecule has 0 fully saturated rings. The molecule has 0 amide bonds. The maximum atomic E-state index is 12.0. The fourth-order valence-corrected chi connectivity index (χ4v) is 2.97. The minimum absolute atomic E-state index is 0.108. The van der Waals surface area contributed by atoms with Crippen molar-refractivity contribution in [2.24, 2.45) is 7.05 Å². The molecule has 1 aromatic carbocycles. The van der Waals surface area contributed by atoms with E-state index in [-0.39, 0.29) is 5.75 Å². The van der Waals surface area contributed by atoms with Gasteiger partial charge < -0.3 is 9.88 Å². The maximum Gasteiger partial charge on any atom is 0.180 e. The SMILES string of the molecule is CCS(=O)(=O)c1ccccc1NCc1ccn(C)c1.